The number of hydrogen-bond acceptors (Lipinski definition) is 2. The molecule has 2 rings (SSSR count). The molecule has 0 spiro atoms. The fourth-order valence-electron chi connectivity index (χ4n) is 1.96. The van der Waals surface area contributed by atoms with Gasteiger partial charge in [-0.05, 0) is 37.1 Å². The van der Waals surface area contributed by atoms with Gasteiger partial charge in [-0.3, -0.25) is 0 Å². The summed E-state index contributed by atoms with van der Waals surface area (Å²) in [4.78, 5) is 1.01. The predicted molar refractivity (Wildman–Crippen MR) is 73.0 cm³/mol. The van der Waals surface area contributed by atoms with E-state index in [1.165, 1.54) is 23.5 Å². The number of halogens is 2. The van der Waals surface area contributed by atoms with Crippen LogP contribution in [0.2, 0.25) is 0 Å². The van der Waals surface area contributed by atoms with Crippen LogP contribution in [-0.4, -0.2) is 6.54 Å². The van der Waals surface area contributed by atoms with Gasteiger partial charge in [-0.25, -0.2) is 8.78 Å². The third kappa shape index (κ3) is 2.54. The lowest BCUT2D eigenvalue weighted by molar-refractivity contribution is 0.554. The summed E-state index contributed by atoms with van der Waals surface area (Å²) in [7, 11) is 0. The van der Waals surface area contributed by atoms with E-state index in [-0.39, 0.29) is 11.6 Å². The molecule has 98 valence electrons. The van der Waals surface area contributed by atoms with E-state index in [2.05, 4.69) is 19.2 Å². The minimum atomic E-state index is -0.338. The van der Waals surface area contributed by atoms with E-state index in [0.29, 0.717) is 22.5 Å². The molecule has 0 saturated carbocycles. The van der Waals surface area contributed by atoms with Crippen LogP contribution in [0.3, 0.4) is 0 Å². The van der Waals surface area contributed by atoms with Crippen molar-refractivity contribution >= 4 is 21.4 Å². The van der Waals surface area contributed by atoms with E-state index < -0.39 is 0 Å². The molecule has 4 heteroatoms. The number of benzene rings is 1. The highest BCUT2D eigenvalue weighted by Gasteiger charge is 2.15. The van der Waals surface area contributed by atoms with Crippen molar-refractivity contribution in [2.24, 2.45) is 5.92 Å². The van der Waals surface area contributed by atoms with Crippen LogP contribution in [0.25, 0.3) is 10.1 Å². The molecule has 0 radical (unpaired) electrons. The minimum Gasteiger partial charge on any atom is -0.312 e. The van der Waals surface area contributed by atoms with Crippen molar-refractivity contribution in [2.75, 3.05) is 6.54 Å². The topological polar surface area (TPSA) is 12.0 Å². The fraction of sp³-hybridized carbons (Fsp3) is 0.429. The van der Waals surface area contributed by atoms with Crippen molar-refractivity contribution in [3.8, 4) is 0 Å². The molecule has 1 aromatic carbocycles. The fourth-order valence-corrected chi connectivity index (χ4v) is 3.16. The molecule has 2 aromatic rings. The van der Waals surface area contributed by atoms with Gasteiger partial charge in [0.2, 0.25) is 0 Å². The molecule has 1 nitrogen and oxygen atoms in total. The molecule has 1 aromatic heterocycles. The summed E-state index contributed by atoms with van der Waals surface area (Å²) in [5.41, 5.74) is 0.850. The van der Waals surface area contributed by atoms with Crippen molar-refractivity contribution in [3.05, 3.63) is 34.2 Å². The number of rotatable bonds is 4. The van der Waals surface area contributed by atoms with Crippen LogP contribution >= 0.6 is 11.3 Å². The maximum atomic E-state index is 13.7. The largest absolute Gasteiger partial charge is 0.312 e. The number of thiophene rings is 1. The van der Waals surface area contributed by atoms with Gasteiger partial charge in [0, 0.05) is 16.8 Å². The second-order valence-electron chi connectivity index (χ2n) is 4.91. The molecule has 0 unspecified atom stereocenters. The summed E-state index contributed by atoms with van der Waals surface area (Å²) in [5.74, 6) is -0.113. The molecular formula is C14H17F2NS. The Morgan fingerprint density at radius 1 is 1.22 bits per heavy atom. The van der Waals surface area contributed by atoms with Gasteiger partial charge in [0.1, 0.15) is 11.6 Å². The second kappa shape index (κ2) is 5.33. The summed E-state index contributed by atoms with van der Waals surface area (Å²) in [6, 6.07) is 2.39. The maximum Gasteiger partial charge on any atom is 0.141 e. The molecule has 0 saturated heterocycles. The molecule has 0 amide bonds. The third-order valence-corrected chi connectivity index (χ3v) is 4.22. The highest BCUT2D eigenvalue weighted by molar-refractivity contribution is 7.19. The molecule has 0 bridgehead atoms. The monoisotopic (exact) mass is 269 g/mol. The highest BCUT2D eigenvalue weighted by atomic mass is 32.1. The van der Waals surface area contributed by atoms with Crippen LogP contribution in [0.1, 0.15) is 24.3 Å². The van der Waals surface area contributed by atoms with Gasteiger partial charge < -0.3 is 5.32 Å². The van der Waals surface area contributed by atoms with Gasteiger partial charge in [-0.2, -0.15) is 0 Å². The Hall–Kier alpha value is -1.00. The van der Waals surface area contributed by atoms with E-state index in [4.69, 9.17) is 0 Å². The van der Waals surface area contributed by atoms with Gasteiger partial charge in [0.05, 0.1) is 4.70 Å². The van der Waals surface area contributed by atoms with Crippen molar-refractivity contribution in [2.45, 2.75) is 27.3 Å². The van der Waals surface area contributed by atoms with Crippen molar-refractivity contribution in [1.29, 1.82) is 0 Å². The number of fused-ring (bicyclic) bond motifs is 1. The molecule has 0 aliphatic carbocycles. The molecule has 1 heterocycles. The molecule has 18 heavy (non-hydrogen) atoms. The summed E-state index contributed by atoms with van der Waals surface area (Å²) >= 11 is 1.34. The van der Waals surface area contributed by atoms with Crippen molar-refractivity contribution in [3.63, 3.8) is 0 Å². The Morgan fingerprint density at radius 2 is 1.89 bits per heavy atom. The average molecular weight is 269 g/mol. The van der Waals surface area contributed by atoms with Gasteiger partial charge in [-0.15, -0.1) is 11.3 Å². The van der Waals surface area contributed by atoms with E-state index in [1.54, 1.807) is 0 Å². The number of nitrogens with one attached hydrogen (secondary N) is 1. The Kier molecular flexibility index (Phi) is 3.97. The summed E-state index contributed by atoms with van der Waals surface area (Å²) in [6.45, 7) is 7.68. The third-order valence-electron chi connectivity index (χ3n) is 2.92. The van der Waals surface area contributed by atoms with Crippen LogP contribution in [0.15, 0.2) is 12.1 Å². The lowest BCUT2D eigenvalue weighted by atomic mass is 10.1. The zero-order valence-electron chi connectivity index (χ0n) is 10.8. The Bertz CT molecular complexity index is 560. The van der Waals surface area contributed by atoms with Crippen LogP contribution in [0.4, 0.5) is 8.78 Å². The lowest BCUT2D eigenvalue weighted by Gasteiger charge is -2.06. The van der Waals surface area contributed by atoms with Crippen molar-refractivity contribution < 1.29 is 8.78 Å². The first-order chi connectivity index (χ1) is 8.50. The maximum absolute atomic E-state index is 13.7. The van der Waals surface area contributed by atoms with E-state index in [9.17, 15) is 8.78 Å². The number of hydrogen-bond donors (Lipinski definition) is 1. The predicted octanol–water partition coefficient (Wildman–Crippen LogP) is 4.23. The molecular weight excluding hydrogens is 252 g/mol. The lowest BCUT2D eigenvalue weighted by Crippen LogP contribution is -2.18. The molecule has 0 aliphatic rings. The quantitative estimate of drug-likeness (QED) is 0.875. The summed E-state index contributed by atoms with van der Waals surface area (Å²) < 4.78 is 27.8. The summed E-state index contributed by atoms with van der Waals surface area (Å²) in [6.07, 6.45) is 0. The van der Waals surface area contributed by atoms with Crippen LogP contribution in [0.5, 0.6) is 0 Å². The van der Waals surface area contributed by atoms with Gasteiger partial charge in [-0.1, -0.05) is 13.8 Å². The standard InChI is InChI=1S/C14H17F2NS/c1-8(2)6-17-7-12-9(3)13-10(15)4-5-11(16)14(13)18-12/h4-5,8,17H,6-7H2,1-3H3. The van der Waals surface area contributed by atoms with Crippen molar-refractivity contribution in [1.82, 2.24) is 5.32 Å². The Labute approximate surface area is 110 Å². The normalized spacial score (nSPS) is 11.7. The highest BCUT2D eigenvalue weighted by Crippen LogP contribution is 2.34. The minimum absolute atomic E-state index is 0.338. The van der Waals surface area contributed by atoms with E-state index >= 15 is 0 Å². The zero-order chi connectivity index (χ0) is 13.3. The Balaban J connectivity index is 2.33. The number of aryl methyl sites for hydroxylation is 1. The second-order valence-corrected chi connectivity index (χ2v) is 6.01. The average Bonchev–Trinajstić information content (AvgIpc) is 2.63. The van der Waals surface area contributed by atoms with Gasteiger partial charge >= 0.3 is 0 Å². The van der Waals surface area contributed by atoms with Gasteiger partial charge in [0.15, 0.2) is 0 Å². The summed E-state index contributed by atoms with van der Waals surface area (Å²) in [5, 5.41) is 3.74. The van der Waals surface area contributed by atoms with Crippen LogP contribution < -0.4 is 5.32 Å². The first-order valence-electron chi connectivity index (χ1n) is 6.07. The van der Waals surface area contributed by atoms with Crippen LogP contribution in [-0.2, 0) is 6.54 Å². The smallest absolute Gasteiger partial charge is 0.141 e. The molecule has 0 fully saturated rings. The van der Waals surface area contributed by atoms with E-state index in [1.807, 2.05) is 6.92 Å². The van der Waals surface area contributed by atoms with Crippen LogP contribution in [0, 0.1) is 24.5 Å². The zero-order valence-corrected chi connectivity index (χ0v) is 11.6. The molecule has 1 N–H and O–H groups in total. The first kappa shape index (κ1) is 13.4. The molecule has 0 atom stereocenters. The first-order valence-corrected chi connectivity index (χ1v) is 6.89. The van der Waals surface area contributed by atoms with Gasteiger partial charge in [0.25, 0.3) is 0 Å². The molecule has 0 aliphatic heterocycles. The SMILES string of the molecule is Cc1c(CNCC(C)C)sc2c(F)ccc(F)c12. The van der Waals surface area contributed by atoms with E-state index in [0.717, 1.165) is 17.0 Å². The Morgan fingerprint density at radius 3 is 2.50 bits per heavy atom.